The Labute approximate surface area is 122 Å². The Hall–Kier alpha value is -1.17. The van der Waals surface area contributed by atoms with E-state index in [9.17, 15) is 9.90 Å². The van der Waals surface area contributed by atoms with Gasteiger partial charge in [-0.2, -0.15) is 0 Å². The van der Waals surface area contributed by atoms with Gasteiger partial charge in [0, 0.05) is 0 Å². The van der Waals surface area contributed by atoms with Crippen LogP contribution in [0.5, 0.6) is 0 Å². The van der Waals surface area contributed by atoms with Crippen LogP contribution in [0.1, 0.15) is 32.4 Å². The van der Waals surface area contributed by atoms with Crippen LogP contribution < -0.4 is 10.8 Å². The molecule has 4 nitrogen and oxygen atoms in total. The third-order valence-electron chi connectivity index (χ3n) is 3.97. The quantitative estimate of drug-likeness (QED) is 0.841. The maximum absolute atomic E-state index is 11.4. The van der Waals surface area contributed by atoms with Crippen molar-refractivity contribution in [1.29, 1.82) is 0 Å². The van der Waals surface area contributed by atoms with Gasteiger partial charge in [0.1, 0.15) is 6.10 Å². The van der Waals surface area contributed by atoms with E-state index >= 15 is 0 Å². The highest BCUT2D eigenvalue weighted by atomic mass is 28.4. The van der Waals surface area contributed by atoms with Gasteiger partial charge in [-0.3, -0.25) is 0 Å². The molecule has 1 aromatic carbocycles. The molecule has 0 radical (unpaired) electrons. The van der Waals surface area contributed by atoms with E-state index in [0.717, 1.165) is 5.56 Å². The first-order chi connectivity index (χ1) is 9.06. The fourth-order valence-corrected chi connectivity index (χ4v) is 2.84. The van der Waals surface area contributed by atoms with Crippen LogP contribution >= 0.6 is 0 Å². The molecular formula is C15H24NO3Si-. The molecule has 1 rings (SSSR count). The zero-order valence-corrected chi connectivity index (χ0v) is 13.8. The highest BCUT2D eigenvalue weighted by Crippen LogP contribution is 2.38. The number of nitrogens with two attached hydrogens (primary N) is 1. The highest BCUT2D eigenvalue weighted by molar-refractivity contribution is 6.74. The van der Waals surface area contributed by atoms with E-state index in [4.69, 9.17) is 10.2 Å². The largest absolute Gasteiger partial charge is 0.547 e. The van der Waals surface area contributed by atoms with E-state index in [-0.39, 0.29) is 5.04 Å². The maximum atomic E-state index is 11.4. The van der Waals surface area contributed by atoms with Gasteiger partial charge in [-0.1, -0.05) is 51.1 Å². The molecule has 0 amide bonds. The van der Waals surface area contributed by atoms with Gasteiger partial charge in [-0.25, -0.2) is 0 Å². The fourth-order valence-electron chi connectivity index (χ4n) is 1.61. The molecule has 0 saturated carbocycles. The molecule has 0 fully saturated rings. The van der Waals surface area contributed by atoms with E-state index in [2.05, 4.69) is 20.8 Å². The monoisotopic (exact) mass is 294 g/mol. The Morgan fingerprint density at radius 2 is 1.75 bits per heavy atom. The molecule has 1 aromatic rings. The lowest BCUT2D eigenvalue weighted by Crippen LogP contribution is -2.53. The second kappa shape index (κ2) is 6.07. The van der Waals surface area contributed by atoms with Crippen molar-refractivity contribution in [3.8, 4) is 0 Å². The normalized spacial score (nSPS) is 15.7. The number of hydrogen-bond acceptors (Lipinski definition) is 4. The van der Waals surface area contributed by atoms with E-state index in [1.54, 1.807) is 12.1 Å². The predicted molar refractivity (Wildman–Crippen MR) is 80.4 cm³/mol. The molecule has 0 heterocycles. The number of carbonyl (C=O) groups excluding carboxylic acids is 1. The Morgan fingerprint density at radius 1 is 1.25 bits per heavy atom. The Morgan fingerprint density at radius 3 is 2.15 bits per heavy atom. The fraction of sp³-hybridized carbons (Fsp3) is 0.533. The van der Waals surface area contributed by atoms with Gasteiger partial charge < -0.3 is 20.1 Å². The first-order valence-electron chi connectivity index (χ1n) is 6.75. The molecule has 2 N–H and O–H groups in total. The van der Waals surface area contributed by atoms with Crippen molar-refractivity contribution in [2.24, 2.45) is 5.73 Å². The molecule has 0 saturated heterocycles. The van der Waals surface area contributed by atoms with Crippen molar-refractivity contribution in [3.05, 3.63) is 35.9 Å². The topological polar surface area (TPSA) is 75.4 Å². The lowest BCUT2D eigenvalue weighted by molar-refractivity contribution is -0.315. The first-order valence-corrected chi connectivity index (χ1v) is 9.66. The number of rotatable bonds is 5. The van der Waals surface area contributed by atoms with Crippen LogP contribution in [0, 0.1) is 0 Å². The van der Waals surface area contributed by atoms with Crippen LogP contribution in [0.2, 0.25) is 18.1 Å². The average molecular weight is 294 g/mol. The van der Waals surface area contributed by atoms with Gasteiger partial charge in [-0.05, 0) is 23.7 Å². The average Bonchev–Trinajstić information content (AvgIpc) is 2.34. The summed E-state index contributed by atoms with van der Waals surface area (Å²) in [5.74, 6) is -1.26. The molecule has 0 aliphatic rings. The number of hydrogen-bond donors (Lipinski definition) is 1. The standard InChI is InChI=1S/C15H25NO3Si/c1-15(2,3)20(4,5)19-13(14(17)18)12(16)11-9-7-6-8-10-11/h6-10,12-13H,16H2,1-5H3,(H,17,18)/p-1. The van der Waals surface area contributed by atoms with Crippen molar-refractivity contribution in [2.75, 3.05) is 0 Å². The summed E-state index contributed by atoms with van der Waals surface area (Å²) in [4.78, 5) is 11.4. The minimum atomic E-state index is -2.23. The summed E-state index contributed by atoms with van der Waals surface area (Å²) < 4.78 is 5.93. The zero-order chi connectivity index (χ0) is 15.6. The van der Waals surface area contributed by atoms with Gasteiger partial charge >= 0.3 is 0 Å². The number of benzene rings is 1. The van der Waals surface area contributed by atoms with Crippen molar-refractivity contribution in [2.45, 2.75) is 51.0 Å². The molecule has 2 unspecified atom stereocenters. The lowest BCUT2D eigenvalue weighted by atomic mass is 10.0. The van der Waals surface area contributed by atoms with Crippen molar-refractivity contribution in [3.63, 3.8) is 0 Å². The van der Waals surface area contributed by atoms with Gasteiger partial charge in [0.2, 0.25) is 0 Å². The molecule has 0 aliphatic carbocycles. The molecular weight excluding hydrogens is 270 g/mol. The summed E-state index contributed by atoms with van der Waals surface area (Å²) in [6, 6.07) is 8.39. The number of carbonyl (C=O) groups is 1. The molecule has 5 heteroatoms. The maximum Gasteiger partial charge on any atom is 0.193 e. The smallest absolute Gasteiger partial charge is 0.193 e. The number of carboxylic acids is 1. The molecule has 20 heavy (non-hydrogen) atoms. The molecule has 0 bridgehead atoms. The zero-order valence-electron chi connectivity index (χ0n) is 12.8. The Bertz CT molecular complexity index is 454. The second-order valence-corrected chi connectivity index (χ2v) is 11.3. The molecule has 2 atom stereocenters. The molecule has 0 aromatic heterocycles. The van der Waals surface area contributed by atoms with Crippen molar-refractivity contribution < 1.29 is 14.3 Å². The van der Waals surface area contributed by atoms with Crippen molar-refractivity contribution >= 4 is 14.3 Å². The summed E-state index contributed by atoms with van der Waals surface area (Å²) in [5, 5.41) is 11.3. The van der Waals surface area contributed by atoms with Crippen molar-refractivity contribution in [1.82, 2.24) is 0 Å². The minimum Gasteiger partial charge on any atom is -0.547 e. The van der Waals surface area contributed by atoms with Crippen LogP contribution in [0.3, 0.4) is 0 Å². The summed E-state index contributed by atoms with van der Waals surface area (Å²) in [6.07, 6.45) is -1.13. The van der Waals surface area contributed by atoms with Gasteiger partial charge in [0.05, 0.1) is 12.0 Å². The van der Waals surface area contributed by atoms with Gasteiger partial charge in [0.25, 0.3) is 0 Å². The van der Waals surface area contributed by atoms with E-state index in [1.807, 2.05) is 31.3 Å². The summed E-state index contributed by atoms with van der Waals surface area (Å²) in [6.45, 7) is 10.2. The summed E-state index contributed by atoms with van der Waals surface area (Å²) in [5.41, 5.74) is 6.80. The van der Waals surface area contributed by atoms with E-state index < -0.39 is 26.4 Å². The van der Waals surface area contributed by atoms with Gasteiger partial charge in [0.15, 0.2) is 8.32 Å². The molecule has 112 valence electrons. The number of carboxylic acid groups (broad SMARTS) is 1. The SMILES string of the molecule is CC(C)(C)[Si](C)(C)OC(C(=O)[O-])C(N)c1ccccc1. The van der Waals surface area contributed by atoms with E-state index in [0.29, 0.717) is 0 Å². The first kappa shape index (κ1) is 16.9. The second-order valence-electron chi connectivity index (χ2n) is 6.55. The summed E-state index contributed by atoms with van der Waals surface area (Å²) >= 11 is 0. The van der Waals surface area contributed by atoms with E-state index in [1.165, 1.54) is 0 Å². The highest BCUT2D eigenvalue weighted by Gasteiger charge is 2.40. The van der Waals surface area contributed by atoms with Crippen LogP contribution in [0.4, 0.5) is 0 Å². The lowest BCUT2D eigenvalue weighted by Gasteiger charge is -2.41. The summed E-state index contributed by atoms with van der Waals surface area (Å²) in [7, 11) is -2.23. The van der Waals surface area contributed by atoms with Crippen LogP contribution in [0.15, 0.2) is 30.3 Å². The minimum absolute atomic E-state index is 0.0862. The molecule has 0 aliphatic heterocycles. The third kappa shape index (κ3) is 3.91. The van der Waals surface area contributed by atoms with Crippen LogP contribution in [-0.4, -0.2) is 20.4 Å². The van der Waals surface area contributed by atoms with Gasteiger partial charge in [-0.15, -0.1) is 0 Å². The molecule has 0 spiro atoms. The number of aliphatic carboxylic acids is 1. The van der Waals surface area contributed by atoms with Crippen LogP contribution in [-0.2, 0) is 9.22 Å². The Balaban J connectivity index is 2.99. The third-order valence-corrected chi connectivity index (χ3v) is 8.43. The Kier molecular flexibility index (Phi) is 5.13. The van der Waals surface area contributed by atoms with Crippen LogP contribution in [0.25, 0.3) is 0 Å². The predicted octanol–water partition coefficient (Wildman–Crippen LogP) is 1.83.